The largest absolute Gasteiger partial charge is 0.464 e. The van der Waals surface area contributed by atoms with Gasteiger partial charge >= 0.3 is 0 Å². The van der Waals surface area contributed by atoms with Crippen LogP contribution in [0, 0.1) is 17.8 Å². The topological polar surface area (TPSA) is 45.4 Å². The Hall–Kier alpha value is -0.800. The molecule has 2 aliphatic carbocycles. The van der Waals surface area contributed by atoms with E-state index in [4.69, 9.17) is 4.42 Å². The molecular formula is C17H27NO2. The molecule has 0 radical (unpaired) electrons. The lowest BCUT2D eigenvalue weighted by molar-refractivity contribution is 0.132. The first-order valence-corrected chi connectivity index (χ1v) is 8.18. The van der Waals surface area contributed by atoms with Gasteiger partial charge in [-0.05, 0) is 55.7 Å². The molecule has 1 heterocycles. The normalized spacial score (nSPS) is 33.3. The van der Waals surface area contributed by atoms with E-state index in [1.807, 2.05) is 0 Å². The Morgan fingerprint density at radius 3 is 2.70 bits per heavy atom. The quantitative estimate of drug-likeness (QED) is 0.838. The molecule has 1 aromatic rings. The van der Waals surface area contributed by atoms with Crippen molar-refractivity contribution in [3.05, 3.63) is 23.7 Å². The molecule has 112 valence electrons. The molecular weight excluding hydrogens is 250 g/mol. The van der Waals surface area contributed by atoms with Crippen LogP contribution < -0.4 is 5.32 Å². The van der Waals surface area contributed by atoms with Crippen molar-refractivity contribution >= 4 is 0 Å². The van der Waals surface area contributed by atoms with E-state index in [2.05, 4.69) is 24.4 Å². The Kier molecular flexibility index (Phi) is 4.47. The monoisotopic (exact) mass is 277 g/mol. The first-order chi connectivity index (χ1) is 9.78. The number of rotatable bonds is 6. The summed E-state index contributed by atoms with van der Waals surface area (Å²) >= 11 is 0. The second kappa shape index (κ2) is 6.31. The summed E-state index contributed by atoms with van der Waals surface area (Å²) in [5, 5.41) is 12.9. The molecule has 0 bridgehead atoms. The fourth-order valence-electron chi connectivity index (χ4n) is 3.58. The van der Waals surface area contributed by atoms with Crippen LogP contribution in [0.15, 0.2) is 16.5 Å². The minimum Gasteiger partial charge on any atom is -0.464 e. The highest BCUT2D eigenvalue weighted by atomic mass is 16.3. The molecule has 0 amide bonds. The van der Waals surface area contributed by atoms with Gasteiger partial charge in [0.05, 0.1) is 6.54 Å². The van der Waals surface area contributed by atoms with Gasteiger partial charge < -0.3 is 14.8 Å². The summed E-state index contributed by atoms with van der Waals surface area (Å²) in [7, 11) is 0. The summed E-state index contributed by atoms with van der Waals surface area (Å²) in [6, 6.07) is 4.25. The van der Waals surface area contributed by atoms with Crippen molar-refractivity contribution in [1.82, 2.24) is 5.32 Å². The molecule has 0 aromatic carbocycles. The lowest BCUT2D eigenvalue weighted by Gasteiger charge is -2.30. The van der Waals surface area contributed by atoms with Gasteiger partial charge in [-0.15, -0.1) is 0 Å². The lowest BCUT2D eigenvalue weighted by atomic mass is 9.79. The molecule has 2 N–H and O–H groups in total. The average Bonchev–Trinajstić information content (AvgIpc) is 3.01. The standard InChI is InChI=1S/C17H27NO2/c1-12-8-16(12)17-7-6-15(20-17)10-18-9-13-4-2-3-5-14(13)11-19/h6-7,12-14,16,18-19H,2-5,8-11H2,1H3. The Bertz CT molecular complexity index is 428. The van der Waals surface area contributed by atoms with Gasteiger partial charge in [-0.3, -0.25) is 0 Å². The molecule has 0 saturated heterocycles. The van der Waals surface area contributed by atoms with Crippen LogP contribution in [-0.2, 0) is 6.54 Å². The van der Waals surface area contributed by atoms with E-state index in [-0.39, 0.29) is 0 Å². The Labute approximate surface area is 121 Å². The minimum atomic E-state index is 0.344. The van der Waals surface area contributed by atoms with E-state index in [1.165, 1.54) is 37.9 Å². The zero-order valence-corrected chi connectivity index (χ0v) is 12.5. The molecule has 4 atom stereocenters. The van der Waals surface area contributed by atoms with Crippen LogP contribution in [0.4, 0.5) is 0 Å². The van der Waals surface area contributed by atoms with Gasteiger partial charge in [-0.1, -0.05) is 19.8 Å². The Balaban J connectivity index is 1.43. The van der Waals surface area contributed by atoms with Crippen molar-refractivity contribution < 1.29 is 9.52 Å². The number of hydrogen-bond acceptors (Lipinski definition) is 3. The second-order valence-electron chi connectivity index (χ2n) is 6.74. The van der Waals surface area contributed by atoms with E-state index < -0.39 is 0 Å². The van der Waals surface area contributed by atoms with Crippen molar-refractivity contribution in [2.24, 2.45) is 17.8 Å². The number of furan rings is 1. The average molecular weight is 277 g/mol. The van der Waals surface area contributed by atoms with Crippen LogP contribution in [-0.4, -0.2) is 18.3 Å². The number of nitrogens with one attached hydrogen (secondary N) is 1. The van der Waals surface area contributed by atoms with Gasteiger partial charge in [0.25, 0.3) is 0 Å². The predicted octanol–water partition coefficient (Wildman–Crippen LogP) is 3.29. The molecule has 2 saturated carbocycles. The molecule has 3 heteroatoms. The number of aliphatic hydroxyl groups is 1. The molecule has 0 spiro atoms. The van der Waals surface area contributed by atoms with Gasteiger partial charge in [-0.25, -0.2) is 0 Å². The first-order valence-electron chi connectivity index (χ1n) is 8.18. The number of hydrogen-bond donors (Lipinski definition) is 2. The molecule has 2 aliphatic rings. The van der Waals surface area contributed by atoms with Crippen LogP contribution in [0.1, 0.15) is 56.5 Å². The highest BCUT2D eigenvalue weighted by molar-refractivity contribution is 5.17. The van der Waals surface area contributed by atoms with Gasteiger partial charge in [0.1, 0.15) is 11.5 Å². The van der Waals surface area contributed by atoms with Crippen LogP contribution in [0.2, 0.25) is 0 Å². The van der Waals surface area contributed by atoms with Gasteiger partial charge in [-0.2, -0.15) is 0 Å². The zero-order chi connectivity index (χ0) is 13.9. The maximum Gasteiger partial charge on any atom is 0.117 e. The van der Waals surface area contributed by atoms with Crippen LogP contribution >= 0.6 is 0 Å². The van der Waals surface area contributed by atoms with Crippen molar-refractivity contribution in [1.29, 1.82) is 0 Å². The summed E-state index contributed by atoms with van der Waals surface area (Å²) in [5.41, 5.74) is 0. The summed E-state index contributed by atoms with van der Waals surface area (Å²) in [6.45, 7) is 4.44. The maximum absolute atomic E-state index is 9.43. The molecule has 2 fully saturated rings. The molecule has 3 rings (SSSR count). The molecule has 1 aromatic heterocycles. The van der Waals surface area contributed by atoms with E-state index >= 15 is 0 Å². The minimum absolute atomic E-state index is 0.344. The summed E-state index contributed by atoms with van der Waals surface area (Å²) in [5.74, 6) is 4.81. The second-order valence-corrected chi connectivity index (χ2v) is 6.74. The van der Waals surface area contributed by atoms with E-state index in [1.54, 1.807) is 0 Å². The van der Waals surface area contributed by atoms with E-state index in [0.29, 0.717) is 24.4 Å². The van der Waals surface area contributed by atoms with Gasteiger partial charge in [0.2, 0.25) is 0 Å². The summed E-state index contributed by atoms with van der Waals surface area (Å²) in [4.78, 5) is 0. The van der Waals surface area contributed by atoms with Crippen LogP contribution in [0.5, 0.6) is 0 Å². The third kappa shape index (κ3) is 3.26. The Morgan fingerprint density at radius 1 is 1.25 bits per heavy atom. The fourth-order valence-corrected chi connectivity index (χ4v) is 3.58. The van der Waals surface area contributed by atoms with Crippen LogP contribution in [0.3, 0.4) is 0 Å². The maximum atomic E-state index is 9.43. The fraction of sp³-hybridized carbons (Fsp3) is 0.765. The summed E-state index contributed by atoms with van der Waals surface area (Å²) in [6.07, 6.45) is 6.31. The predicted molar refractivity (Wildman–Crippen MR) is 79.5 cm³/mol. The highest BCUT2D eigenvalue weighted by Crippen LogP contribution is 2.47. The Morgan fingerprint density at radius 2 is 2.00 bits per heavy atom. The van der Waals surface area contributed by atoms with Crippen molar-refractivity contribution in [3.63, 3.8) is 0 Å². The molecule has 0 aliphatic heterocycles. The van der Waals surface area contributed by atoms with Crippen molar-refractivity contribution in [2.45, 2.75) is 51.5 Å². The molecule has 20 heavy (non-hydrogen) atoms. The van der Waals surface area contributed by atoms with E-state index in [9.17, 15) is 5.11 Å². The smallest absolute Gasteiger partial charge is 0.117 e. The zero-order valence-electron chi connectivity index (χ0n) is 12.5. The summed E-state index contributed by atoms with van der Waals surface area (Å²) < 4.78 is 5.91. The lowest BCUT2D eigenvalue weighted by Crippen LogP contribution is -2.32. The first kappa shape index (κ1) is 14.2. The number of aliphatic hydroxyl groups excluding tert-OH is 1. The highest BCUT2D eigenvalue weighted by Gasteiger charge is 2.36. The third-order valence-corrected chi connectivity index (χ3v) is 5.16. The SMILES string of the molecule is CC1CC1c1ccc(CNCC2CCCCC2CO)o1. The molecule has 3 nitrogen and oxygen atoms in total. The van der Waals surface area contributed by atoms with E-state index in [0.717, 1.165) is 24.8 Å². The van der Waals surface area contributed by atoms with Crippen LogP contribution in [0.25, 0.3) is 0 Å². The van der Waals surface area contributed by atoms with Crippen molar-refractivity contribution in [3.8, 4) is 0 Å². The third-order valence-electron chi connectivity index (χ3n) is 5.16. The molecule has 4 unspecified atom stereocenters. The van der Waals surface area contributed by atoms with Crippen molar-refractivity contribution in [2.75, 3.05) is 13.2 Å². The van der Waals surface area contributed by atoms with Gasteiger partial charge in [0, 0.05) is 12.5 Å². The van der Waals surface area contributed by atoms with Gasteiger partial charge in [0.15, 0.2) is 0 Å².